The summed E-state index contributed by atoms with van der Waals surface area (Å²) >= 11 is 0. The highest BCUT2D eigenvalue weighted by atomic mass is 16.5. The van der Waals surface area contributed by atoms with Crippen molar-refractivity contribution >= 4 is 22.4 Å². The van der Waals surface area contributed by atoms with Crippen molar-refractivity contribution < 1.29 is 9.53 Å². The van der Waals surface area contributed by atoms with Crippen molar-refractivity contribution in [3.8, 4) is 5.75 Å². The third-order valence-corrected chi connectivity index (χ3v) is 4.99. The second-order valence-corrected chi connectivity index (χ2v) is 6.94. The van der Waals surface area contributed by atoms with E-state index in [4.69, 9.17) is 4.74 Å². The van der Waals surface area contributed by atoms with Gasteiger partial charge in [0.25, 0.3) is 0 Å². The number of aryl methyl sites for hydroxylation is 1. The lowest BCUT2D eigenvalue weighted by Crippen LogP contribution is -2.39. The third-order valence-electron chi connectivity index (χ3n) is 4.99. The van der Waals surface area contributed by atoms with Gasteiger partial charge in [0.1, 0.15) is 5.75 Å². The lowest BCUT2D eigenvalue weighted by molar-refractivity contribution is -0.120. The van der Waals surface area contributed by atoms with Crippen molar-refractivity contribution in [1.29, 1.82) is 0 Å². The van der Waals surface area contributed by atoms with E-state index in [0.717, 1.165) is 22.4 Å². The monoisotopic (exact) mass is 362 g/mol. The van der Waals surface area contributed by atoms with E-state index >= 15 is 0 Å². The summed E-state index contributed by atoms with van der Waals surface area (Å²) in [5.41, 5.74) is 3.10. The van der Waals surface area contributed by atoms with Crippen molar-refractivity contribution in [2.24, 2.45) is 0 Å². The molecule has 4 nitrogen and oxygen atoms in total. The molecule has 3 rings (SSSR count). The van der Waals surface area contributed by atoms with Gasteiger partial charge in [-0.2, -0.15) is 0 Å². The molecule has 1 N–H and O–H groups in total. The fourth-order valence-electron chi connectivity index (χ4n) is 3.07. The second-order valence-electron chi connectivity index (χ2n) is 6.94. The Balaban J connectivity index is 1.68. The molecule has 3 aromatic carbocycles. The summed E-state index contributed by atoms with van der Waals surface area (Å²) in [6, 6.07) is 20.0. The largest absolute Gasteiger partial charge is 0.497 e. The first-order chi connectivity index (χ1) is 13.0. The van der Waals surface area contributed by atoms with E-state index in [1.807, 2.05) is 57.3 Å². The number of carbonyl (C=O) groups is 1. The van der Waals surface area contributed by atoms with Crippen LogP contribution >= 0.6 is 0 Å². The summed E-state index contributed by atoms with van der Waals surface area (Å²) in [6.07, 6.45) is 0. The average Bonchev–Trinajstić information content (AvgIpc) is 2.68. The molecule has 3 aromatic rings. The fraction of sp³-hybridized carbons (Fsp3) is 0.261. The maximum atomic E-state index is 12.6. The van der Waals surface area contributed by atoms with E-state index in [1.54, 1.807) is 7.11 Å². The van der Waals surface area contributed by atoms with Crippen LogP contribution in [0.4, 0.5) is 5.69 Å². The van der Waals surface area contributed by atoms with E-state index in [1.165, 1.54) is 10.9 Å². The number of para-hydroxylation sites is 1. The van der Waals surface area contributed by atoms with Gasteiger partial charge in [-0.15, -0.1) is 0 Å². The number of likely N-dealkylation sites (N-methyl/N-ethyl adjacent to an activating group) is 1. The molecule has 0 aliphatic carbocycles. The van der Waals surface area contributed by atoms with Crippen LogP contribution in [0.15, 0.2) is 60.7 Å². The quantitative estimate of drug-likeness (QED) is 0.696. The molecule has 27 heavy (non-hydrogen) atoms. The lowest BCUT2D eigenvalue weighted by atomic mass is 10.1. The van der Waals surface area contributed by atoms with Gasteiger partial charge in [-0.1, -0.05) is 36.4 Å². The van der Waals surface area contributed by atoms with Gasteiger partial charge in [0.05, 0.1) is 13.2 Å². The predicted molar refractivity (Wildman–Crippen MR) is 111 cm³/mol. The molecule has 0 aromatic heterocycles. The molecule has 1 atom stereocenters. The minimum absolute atomic E-state index is 0.00248. The number of benzene rings is 3. The van der Waals surface area contributed by atoms with Crippen LogP contribution in [0.5, 0.6) is 5.75 Å². The van der Waals surface area contributed by atoms with Crippen LogP contribution in [0.25, 0.3) is 10.8 Å². The Morgan fingerprint density at radius 2 is 1.78 bits per heavy atom. The van der Waals surface area contributed by atoms with Crippen molar-refractivity contribution in [1.82, 2.24) is 4.90 Å². The molecule has 0 spiro atoms. The first-order valence-corrected chi connectivity index (χ1v) is 9.11. The van der Waals surface area contributed by atoms with Gasteiger partial charge in [-0.25, -0.2) is 0 Å². The normalized spacial score (nSPS) is 12.2. The SMILES string of the molecule is COc1ccc2cc(CN(C)C(C)C(=O)Nc3ccccc3C)ccc2c1. The molecule has 1 unspecified atom stereocenters. The third kappa shape index (κ3) is 4.47. The Morgan fingerprint density at radius 3 is 2.52 bits per heavy atom. The van der Waals surface area contributed by atoms with Gasteiger partial charge in [-0.05, 0) is 67.1 Å². The van der Waals surface area contributed by atoms with Gasteiger partial charge in [0, 0.05) is 12.2 Å². The summed E-state index contributed by atoms with van der Waals surface area (Å²) in [7, 11) is 3.65. The van der Waals surface area contributed by atoms with E-state index in [-0.39, 0.29) is 11.9 Å². The zero-order valence-corrected chi connectivity index (χ0v) is 16.3. The molecular weight excluding hydrogens is 336 g/mol. The van der Waals surface area contributed by atoms with Crippen LogP contribution in [0.1, 0.15) is 18.1 Å². The van der Waals surface area contributed by atoms with Crippen LogP contribution in [-0.4, -0.2) is 31.0 Å². The summed E-state index contributed by atoms with van der Waals surface area (Å²) < 4.78 is 5.28. The molecule has 0 aliphatic rings. The topological polar surface area (TPSA) is 41.6 Å². The van der Waals surface area contributed by atoms with Crippen LogP contribution in [0.2, 0.25) is 0 Å². The molecule has 140 valence electrons. The number of amides is 1. The first kappa shape index (κ1) is 18.9. The molecular formula is C23H26N2O2. The standard InChI is InChI=1S/C23H26N2O2/c1-16-7-5-6-8-22(16)24-23(26)17(2)25(3)15-18-9-10-20-14-21(27-4)12-11-19(20)13-18/h5-14,17H,15H2,1-4H3,(H,24,26). The number of methoxy groups -OCH3 is 1. The van der Waals surface area contributed by atoms with Crippen LogP contribution in [0, 0.1) is 6.92 Å². The lowest BCUT2D eigenvalue weighted by Gasteiger charge is -2.24. The minimum Gasteiger partial charge on any atom is -0.497 e. The van der Waals surface area contributed by atoms with E-state index in [9.17, 15) is 4.79 Å². The number of anilines is 1. The highest BCUT2D eigenvalue weighted by Crippen LogP contribution is 2.23. The fourth-order valence-corrected chi connectivity index (χ4v) is 3.07. The highest BCUT2D eigenvalue weighted by molar-refractivity contribution is 5.95. The molecule has 0 aliphatic heterocycles. The molecule has 0 heterocycles. The van der Waals surface area contributed by atoms with Crippen molar-refractivity contribution in [2.75, 3.05) is 19.5 Å². The van der Waals surface area contributed by atoms with Crippen LogP contribution in [0.3, 0.4) is 0 Å². The zero-order chi connectivity index (χ0) is 19.4. The molecule has 1 amide bonds. The molecule has 0 saturated carbocycles. The number of nitrogens with one attached hydrogen (secondary N) is 1. The molecule has 4 heteroatoms. The Labute approximate surface area is 160 Å². The first-order valence-electron chi connectivity index (χ1n) is 9.11. The number of hydrogen-bond donors (Lipinski definition) is 1. The average molecular weight is 362 g/mol. The van der Waals surface area contributed by atoms with Gasteiger partial charge < -0.3 is 10.1 Å². The predicted octanol–water partition coefficient (Wildman–Crippen LogP) is 4.62. The second kappa shape index (κ2) is 8.23. The molecule has 0 radical (unpaired) electrons. The molecule has 0 saturated heterocycles. The minimum atomic E-state index is -0.240. The summed E-state index contributed by atoms with van der Waals surface area (Å²) in [5, 5.41) is 5.33. The number of fused-ring (bicyclic) bond motifs is 1. The Bertz CT molecular complexity index is 952. The smallest absolute Gasteiger partial charge is 0.241 e. The number of carbonyl (C=O) groups excluding carboxylic acids is 1. The number of ether oxygens (including phenoxy) is 1. The Kier molecular flexibility index (Phi) is 5.77. The summed E-state index contributed by atoms with van der Waals surface area (Å²) in [6.45, 7) is 4.62. The number of nitrogens with zero attached hydrogens (tertiary/aromatic N) is 1. The van der Waals surface area contributed by atoms with Gasteiger partial charge in [0.15, 0.2) is 0 Å². The summed E-state index contributed by atoms with van der Waals surface area (Å²) in [5.74, 6) is 0.853. The van der Waals surface area contributed by atoms with Crippen LogP contribution in [-0.2, 0) is 11.3 Å². The van der Waals surface area contributed by atoms with Crippen molar-refractivity contribution in [3.63, 3.8) is 0 Å². The van der Waals surface area contributed by atoms with Crippen molar-refractivity contribution in [3.05, 3.63) is 71.8 Å². The number of hydrogen-bond acceptors (Lipinski definition) is 3. The van der Waals surface area contributed by atoms with Crippen molar-refractivity contribution in [2.45, 2.75) is 26.4 Å². The zero-order valence-electron chi connectivity index (χ0n) is 16.3. The Morgan fingerprint density at radius 1 is 1.07 bits per heavy atom. The van der Waals surface area contributed by atoms with Gasteiger partial charge >= 0.3 is 0 Å². The van der Waals surface area contributed by atoms with E-state index in [0.29, 0.717) is 6.54 Å². The molecule has 0 bridgehead atoms. The maximum absolute atomic E-state index is 12.6. The van der Waals surface area contributed by atoms with Crippen LogP contribution < -0.4 is 10.1 Å². The van der Waals surface area contributed by atoms with E-state index < -0.39 is 0 Å². The maximum Gasteiger partial charge on any atom is 0.241 e. The Hall–Kier alpha value is -2.85. The molecule has 0 fully saturated rings. The number of rotatable bonds is 6. The summed E-state index contributed by atoms with van der Waals surface area (Å²) in [4.78, 5) is 14.7. The van der Waals surface area contributed by atoms with E-state index in [2.05, 4.69) is 34.5 Å². The van der Waals surface area contributed by atoms with Gasteiger partial charge in [-0.3, -0.25) is 9.69 Å². The van der Waals surface area contributed by atoms with Gasteiger partial charge in [0.2, 0.25) is 5.91 Å². The highest BCUT2D eigenvalue weighted by Gasteiger charge is 2.19.